The Morgan fingerprint density at radius 1 is 1.07 bits per heavy atom. The van der Waals surface area contributed by atoms with Crippen LogP contribution in [0.3, 0.4) is 0 Å². The molecule has 4 amide bonds. The molecule has 0 saturated carbocycles. The van der Waals surface area contributed by atoms with Crippen LogP contribution in [0.4, 0.5) is 0 Å². The molecule has 10 heteroatoms. The van der Waals surface area contributed by atoms with Gasteiger partial charge in [-0.15, -0.1) is 0 Å². The number of carbonyl (C=O) groups is 4. The number of allylic oxidation sites excluding steroid dienone is 2. The Balaban J connectivity index is 1.31. The largest absolute Gasteiger partial charge is 0.381 e. The highest BCUT2D eigenvalue weighted by atomic mass is 16.5. The van der Waals surface area contributed by atoms with E-state index in [0.717, 1.165) is 5.56 Å². The summed E-state index contributed by atoms with van der Waals surface area (Å²) in [6.07, 6.45) is 8.46. The predicted octanol–water partition coefficient (Wildman–Crippen LogP) is 2.10. The smallest absolute Gasteiger partial charge is 0.248 e. The minimum absolute atomic E-state index is 0.0211. The van der Waals surface area contributed by atoms with Gasteiger partial charge in [0.05, 0.1) is 11.3 Å². The Hall–Kier alpha value is -3.53. The minimum atomic E-state index is -0.698. The topological polar surface area (TPSA) is 129 Å². The molecule has 3 N–H and O–H groups in total. The molecule has 4 heterocycles. The predicted molar refractivity (Wildman–Crippen MR) is 154 cm³/mol. The summed E-state index contributed by atoms with van der Waals surface area (Å²) in [7, 11) is 0. The summed E-state index contributed by atoms with van der Waals surface area (Å²) in [5.74, 6) is -0.715. The van der Waals surface area contributed by atoms with Crippen LogP contribution < -0.4 is 16.1 Å². The van der Waals surface area contributed by atoms with Crippen LogP contribution in [0.5, 0.6) is 0 Å². The fourth-order valence-electron chi connectivity index (χ4n) is 6.46. The number of nitrogens with zero attached hydrogens (tertiary/aromatic N) is 2. The molecule has 1 unspecified atom stereocenters. The zero-order chi connectivity index (χ0) is 28.8. The molecule has 1 aromatic carbocycles. The highest BCUT2D eigenvalue weighted by Crippen LogP contribution is 2.36. The van der Waals surface area contributed by atoms with Gasteiger partial charge in [0.25, 0.3) is 0 Å². The van der Waals surface area contributed by atoms with E-state index in [2.05, 4.69) is 33.3 Å². The molecule has 1 aromatic rings. The molecule has 2 saturated heterocycles. The summed E-state index contributed by atoms with van der Waals surface area (Å²) in [4.78, 5) is 54.5. The van der Waals surface area contributed by atoms with E-state index in [1.807, 2.05) is 35.2 Å². The Morgan fingerprint density at radius 2 is 1.85 bits per heavy atom. The monoisotopic (exact) mass is 563 g/mol. The number of hydrazone groups is 1. The van der Waals surface area contributed by atoms with Crippen LogP contribution in [0.2, 0.25) is 0 Å². The lowest BCUT2D eigenvalue weighted by Gasteiger charge is -2.40. The number of rotatable bonds is 5. The van der Waals surface area contributed by atoms with E-state index in [9.17, 15) is 19.2 Å². The lowest BCUT2D eigenvalue weighted by molar-refractivity contribution is -0.140. The Labute approximate surface area is 241 Å². The average molecular weight is 564 g/mol. The summed E-state index contributed by atoms with van der Waals surface area (Å²) in [5.41, 5.74) is 3.57. The molecule has 4 aliphatic rings. The molecule has 4 aliphatic heterocycles. The van der Waals surface area contributed by atoms with Gasteiger partial charge < -0.3 is 20.3 Å². The molecule has 0 aliphatic carbocycles. The maximum absolute atomic E-state index is 13.7. The maximum Gasteiger partial charge on any atom is 0.248 e. The fourth-order valence-corrected chi connectivity index (χ4v) is 6.46. The lowest BCUT2D eigenvalue weighted by atomic mass is 9.75. The van der Waals surface area contributed by atoms with Crippen molar-refractivity contribution < 1.29 is 23.9 Å². The van der Waals surface area contributed by atoms with Crippen LogP contribution in [-0.4, -0.2) is 72.6 Å². The second-order valence-corrected chi connectivity index (χ2v) is 11.8. The molecular weight excluding hydrogens is 522 g/mol. The number of hydrogen-bond donors (Lipinski definition) is 3. The lowest BCUT2D eigenvalue weighted by Crippen LogP contribution is -2.58. The van der Waals surface area contributed by atoms with Crippen molar-refractivity contribution in [2.24, 2.45) is 22.4 Å². The normalized spacial score (nSPS) is 29.2. The summed E-state index contributed by atoms with van der Waals surface area (Å²) < 4.78 is 5.58. The van der Waals surface area contributed by atoms with Gasteiger partial charge in [0, 0.05) is 56.8 Å². The SMILES string of the molecule is CC1=NNC(=O)C1CCC(=O)N1CC[C@H]2NC(=O)[C@@H](Cc3ccccc3)NC(=O)C3(C/C=C/C[C@H]2C1)CCOCC3. The number of benzene rings is 1. The molecular formula is C31H41N5O5. The second-order valence-electron chi connectivity index (χ2n) is 11.8. The van der Waals surface area contributed by atoms with Crippen molar-refractivity contribution >= 4 is 29.3 Å². The van der Waals surface area contributed by atoms with Crippen molar-refractivity contribution in [3.8, 4) is 0 Å². The van der Waals surface area contributed by atoms with Gasteiger partial charge in [0.15, 0.2) is 0 Å². The first-order valence-electron chi connectivity index (χ1n) is 14.8. The number of nitrogens with one attached hydrogen (secondary N) is 3. The van der Waals surface area contributed by atoms with Crippen molar-refractivity contribution in [2.45, 2.75) is 70.4 Å². The zero-order valence-electron chi connectivity index (χ0n) is 23.8. The van der Waals surface area contributed by atoms with Crippen molar-refractivity contribution in [1.82, 2.24) is 21.0 Å². The first-order valence-corrected chi connectivity index (χ1v) is 14.8. The number of likely N-dealkylation sites (tertiary alicyclic amines) is 1. The first kappa shape index (κ1) is 29.0. The highest BCUT2D eigenvalue weighted by molar-refractivity contribution is 6.07. The van der Waals surface area contributed by atoms with Crippen molar-refractivity contribution in [2.75, 3.05) is 26.3 Å². The zero-order valence-corrected chi connectivity index (χ0v) is 23.8. The van der Waals surface area contributed by atoms with Crippen molar-refractivity contribution in [3.05, 3.63) is 48.0 Å². The van der Waals surface area contributed by atoms with Gasteiger partial charge in [-0.05, 0) is 51.0 Å². The Morgan fingerprint density at radius 3 is 2.59 bits per heavy atom. The minimum Gasteiger partial charge on any atom is -0.381 e. The van der Waals surface area contributed by atoms with Crippen molar-refractivity contribution in [1.29, 1.82) is 0 Å². The van der Waals surface area contributed by atoms with E-state index in [0.29, 0.717) is 77.0 Å². The number of hydrogen-bond acceptors (Lipinski definition) is 6. The second kappa shape index (κ2) is 13.0. The molecule has 10 nitrogen and oxygen atoms in total. The van der Waals surface area contributed by atoms with E-state index in [1.165, 1.54) is 0 Å². The van der Waals surface area contributed by atoms with E-state index in [-0.39, 0.29) is 47.9 Å². The molecule has 0 radical (unpaired) electrons. The van der Waals surface area contributed by atoms with Crippen LogP contribution in [0.1, 0.15) is 57.4 Å². The molecule has 1 spiro atoms. The van der Waals surface area contributed by atoms with Crippen molar-refractivity contribution in [3.63, 3.8) is 0 Å². The van der Waals surface area contributed by atoms with Gasteiger partial charge in [-0.1, -0.05) is 42.5 Å². The summed E-state index contributed by atoms with van der Waals surface area (Å²) in [6, 6.07) is 8.93. The van der Waals surface area contributed by atoms with Crippen LogP contribution in [-0.2, 0) is 30.3 Å². The molecule has 220 valence electrons. The molecule has 0 bridgehead atoms. The number of ether oxygens (including phenoxy) is 1. The first-order chi connectivity index (χ1) is 19.8. The highest BCUT2D eigenvalue weighted by Gasteiger charge is 2.42. The number of carbonyl (C=O) groups excluding carboxylic acids is 4. The summed E-state index contributed by atoms with van der Waals surface area (Å²) in [5, 5.41) is 10.3. The Bertz CT molecular complexity index is 1190. The molecule has 0 aromatic heterocycles. The summed E-state index contributed by atoms with van der Waals surface area (Å²) >= 11 is 0. The number of amides is 4. The van der Waals surface area contributed by atoms with E-state index in [4.69, 9.17) is 4.74 Å². The standard InChI is InChI=1S/C31H41N5O5/c1-21-24(28(38)35-34-21)10-11-27(37)36-16-12-25-23(20-36)9-5-6-13-31(14-17-41-18-15-31)30(40)33-26(29(39)32-25)19-22-7-3-2-4-8-22/h2-8,23-26H,9-20H2,1H3,(H,32,39)(H,33,40)(H,35,38)/b6-5+/t23-,24?,25+,26+/m0/s1. The quantitative estimate of drug-likeness (QED) is 0.473. The van der Waals surface area contributed by atoms with Gasteiger partial charge in [-0.2, -0.15) is 5.10 Å². The molecule has 4 atom stereocenters. The van der Waals surface area contributed by atoms with Gasteiger partial charge >= 0.3 is 0 Å². The van der Waals surface area contributed by atoms with E-state index in [1.54, 1.807) is 6.92 Å². The number of piperidine rings is 1. The van der Waals surface area contributed by atoms with E-state index < -0.39 is 11.5 Å². The third-order valence-electron chi connectivity index (χ3n) is 9.17. The number of fused-ring (bicyclic) bond motifs is 1. The Kier molecular flexibility index (Phi) is 9.17. The van der Waals surface area contributed by atoms with Gasteiger partial charge in [-0.25, -0.2) is 5.43 Å². The third-order valence-corrected chi connectivity index (χ3v) is 9.17. The molecule has 2 fully saturated rings. The van der Waals surface area contributed by atoms with E-state index >= 15 is 0 Å². The molecule has 41 heavy (non-hydrogen) atoms. The summed E-state index contributed by atoms with van der Waals surface area (Å²) in [6.45, 7) is 3.91. The third kappa shape index (κ3) is 6.86. The van der Waals surface area contributed by atoms with Crippen LogP contribution >= 0.6 is 0 Å². The van der Waals surface area contributed by atoms with Crippen LogP contribution in [0, 0.1) is 17.3 Å². The fraction of sp³-hybridized carbons (Fsp3) is 0.581. The van der Waals surface area contributed by atoms with Crippen LogP contribution in [0.15, 0.2) is 47.6 Å². The van der Waals surface area contributed by atoms with Crippen LogP contribution in [0.25, 0.3) is 0 Å². The molecule has 5 rings (SSSR count). The van der Waals surface area contributed by atoms with Gasteiger partial charge in [-0.3, -0.25) is 19.2 Å². The average Bonchev–Trinajstić information content (AvgIpc) is 3.31. The van der Waals surface area contributed by atoms with Gasteiger partial charge in [0.2, 0.25) is 23.6 Å². The van der Waals surface area contributed by atoms with Gasteiger partial charge in [0.1, 0.15) is 6.04 Å². The maximum atomic E-state index is 13.7.